The molecule has 0 saturated heterocycles. The van der Waals surface area contributed by atoms with Gasteiger partial charge in [-0.1, -0.05) is 20.8 Å². The van der Waals surface area contributed by atoms with Crippen molar-refractivity contribution < 1.29 is 9.53 Å². The first-order valence-electron chi connectivity index (χ1n) is 6.97. The van der Waals surface area contributed by atoms with Crippen LogP contribution in [0.25, 0.3) is 0 Å². The molecule has 0 fully saturated rings. The Morgan fingerprint density at radius 3 is 2.33 bits per heavy atom. The summed E-state index contributed by atoms with van der Waals surface area (Å²) >= 11 is 0. The van der Waals surface area contributed by atoms with Crippen molar-refractivity contribution in [1.29, 1.82) is 0 Å². The van der Waals surface area contributed by atoms with Crippen LogP contribution < -0.4 is 5.73 Å². The van der Waals surface area contributed by atoms with E-state index in [1.54, 1.807) is 7.11 Å². The molecule has 0 aliphatic carbocycles. The Morgan fingerprint density at radius 1 is 1.33 bits per heavy atom. The summed E-state index contributed by atoms with van der Waals surface area (Å²) in [5, 5.41) is 0. The number of nitrogens with zero attached hydrogens (tertiary/aromatic N) is 1. The van der Waals surface area contributed by atoms with Crippen molar-refractivity contribution in [2.75, 3.05) is 26.8 Å². The lowest BCUT2D eigenvalue weighted by Crippen LogP contribution is -2.45. The number of ether oxygens (including phenoxy) is 1. The zero-order valence-corrected chi connectivity index (χ0v) is 12.6. The summed E-state index contributed by atoms with van der Waals surface area (Å²) in [4.78, 5) is 14.4. The third-order valence-electron chi connectivity index (χ3n) is 3.33. The second-order valence-corrected chi connectivity index (χ2v) is 5.34. The summed E-state index contributed by atoms with van der Waals surface area (Å²) in [6, 6.07) is 0.244. The molecule has 0 radical (unpaired) electrons. The lowest BCUT2D eigenvalue weighted by atomic mass is 9.95. The summed E-state index contributed by atoms with van der Waals surface area (Å²) in [5.41, 5.74) is 5.75. The lowest BCUT2D eigenvalue weighted by molar-refractivity contribution is -0.138. The molecular weight excluding hydrogens is 228 g/mol. The van der Waals surface area contributed by atoms with E-state index in [1.807, 2.05) is 4.90 Å². The molecule has 4 heteroatoms. The van der Waals surface area contributed by atoms with Crippen molar-refractivity contribution in [3.8, 4) is 0 Å². The highest BCUT2D eigenvalue weighted by atomic mass is 16.5. The molecule has 2 atom stereocenters. The number of hydrogen-bond donors (Lipinski definition) is 1. The van der Waals surface area contributed by atoms with E-state index in [4.69, 9.17) is 10.5 Å². The van der Waals surface area contributed by atoms with Crippen LogP contribution in [-0.4, -0.2) is 43.7 Å². The van der Waals surface area contributed by atoms with Gasteiger partial charge >= 0.3 is 0 Å². The van der Waals surface area contributed by atoms with Crippen LogP contribution in [0.1, 0.15) is 40.5 Å². The smallest absolute Gasteiger partial charge is 0.227 e. The minimum absolute atomic E-state index is 0.0594. The number of hydrogen-bond acceptors (Lipinski definition) is 3. The van der Waals surface area contributed by atoms with Crippen molar-refractivity contribution >= 4 is 5.91 Å². The molecule has 18 heavy (non-hydrogen) atoms. The largest absolute Gasteiger partial charge is 0.383 e. The van der Waals surface area contributed by atoms with Gasteiger partial charge in [0.1, 0.15) is 0 Å². The van der Waals surface area contributed by atoms with Gasteiger partial charge in [0, 0.05) is 26.2 Å². The molecule has 2 N–H and O–H groups in total. The maximum absolute atomic E-state index is 12.5. The van der Waals surface area contributed by atoms with Crippen molar-refractivity contribution in [2.45, 2.75) is 46.6 Å². The second kappa shape index (κ2) is 9.34. The highest BCUT2D eigenvalue weighted by molar-refractivity contribution is 5.79. The van der Waals surface area contributed by atoms with E-state index < -0.39 is 0 Å². The Kier molecular flexibility index (Phi) is 9.02. The third kappa shape index (κ3) is 5.83. The predicted octanol–water partition coefficient (Wildman–Crippen LogP) is 1.88. The Morgan fingerprint density at radius 2 is 1.94 bits per heavy atom. The zero-order valence-electron chi connectivity index (χ0n) is 12.6. The Balaban J connectivity index is 4.68. The molecule has 0 aromatic heterocycles. The van der Waals surface area contributed by atoms with Gasteiger partial charge in [-0.2, -0.15) is 0 Å². The van der Waals surface area contributed by atoms with Crippen molar-refractivity contribution in [3.63, 3.8) is 0 Å². The van der Waals surface area contributed by atoms with Crippen LogP contribution in [0.4, 0.5) is 0 Å². The van der Waals surface area contributed by atoms with E-state index in [9.17, 15) is 4.79 Å². The summed E-state index contributed by atoms with van der Waals surface area (Å²) in [6.45, 7) is 10.1. The van der Waals surface area contributed by atoms with Gasteiger partial charge in [-0.15, -0.1) is 0 Å². The third-order valence-corrected chi connectivity index (χ3v) is 3.33. The first-order valence-corrected chi connectivity index (χ1v) is 6.97. The molecule has 108 valence electrons. The van der Waals surface area contributed by atoms with Crippen molar-refractivity contribution in [2.24, 2.45) is 17.6 Å². The van der Waals surface area contributed by atoms with Gasteiger partial charge in [0.2, 0.25) is 5.91 Å². The average Bonchev–Trinajstić information content (AvgIpc) is 2.35. The molecule has 2 unspecified atom stereocenters. The highest BCUT2D eigenvalue weighted by Gasteiger charge is 2.26. The van der Waals surface area contributed by atoms with E-state index in [2.05, 4.69) is 27.7 Å². The predicted molar refractivity (Wildman–Crippen MR) is 75.3 cm³/mol. The Bertz CT molecular complexity index is 232. The SMILES string of the molecule is CCC(C)N(CCOC)C(=O)C(CN)CC(C)C. The fourth-order valence-electron chi connectivity index (χ4n) is 2.06. The molecule has 1 amide bonds. The molecule has 0 rings (SSSR count). The molecule has 0 spiro atoms. The van der Waals surface area contributed by atoms with Crippen LogP contribution in [0.2, 0.25) is 0 Å². The first-order chi connectivity index (χ1) is 8.47. The molecule has 0 bridgehead atoms. The summed E-state index contributed by atoms with van der Waals surface area (Å²) < 4.78 is 5.09. The van der Waals surface area contributed by atoms with E-state index in [1.165, 1.54) is 0 Å². The minimum atomic E-state index is -0.0594. The monoisotopic (exact) mass is 258 g/mol. The number of methoxy groups -OCH3 is 1. The van der Waals surface area contributed by atoms with Crippen LogP contribution in [0, 0.1) is 11.8 Å². The van der Waals surface area contributed by atoms with Gasteiger partial charge in [0.25, 0.3) is 0 Å². The number of rotatable bonds is 9. The fraction of sp³-hybridized carbons (Fsp3) is 0.929. The Labute approximate surface area is 112 Å². The molecule has 0 aromatic rings. The minimum Gasteiger partial charge on any atom is -0.383 e. The van der Waals surface area contributed by atoms with Gasteiger partial charge in [-0.3, -0.25) is 4.79 Å². The van der Waals surface area contributed by atoms with E-state index in [0.717, 1.165) is 12.8 Å². The lowest BCUT2D eigenvalue weighted by Gasteiger charge is -2.32. The van der Waals surface area contributed by atoms with Gasteiger partial charge in [-0.05, 0) is 25.7 Å². The second-order valence-electron chi connectivity index (χ2n) is 5.34. The van der Waals surface area contributed by atoms with Crippen LogP contribution >= 0.6 is 0 Å². The standard InChI is InChI=1S/C14H30N2O2/c1-6-12(4)16(7-8-18-5)14(17)13(10-15)9-11(2)3/h11-13H,6-10,15H2,1-5H3. The quantitative estimate of drug-likeness (QED) is 0.687. The van der Waals surface area contributed by atoms with Gasteiger partial charge in [-0.25, -0.2) is 0 Å². The van der Waals surface area contributed by atoms with Crippen LogP contribution in [0.15, 0.2) is 0 Å². The topological polar surface area (TPSA) is 55.6 Å². The van der Waals surface area contributed by atoms with Crippen LogP contribution in [0.5, 0.6) is 0 Å². The average molecular weight is 258 g/mol. The number of nitrogens with two attached hydrogens (primary N) is 1. The molecule has 0 aliphatic rings. The van der Waals surface area contributed by atoms with Crippen LogP contribution in [0.3, 0.4) is 0 Å². The first kappa shape index (κ1) is 17.4. The maximum atomic E-state index is 12.5. The maximum Gasteiger partial charge on any atom is 0.227 e. The highest BCUT2D eigenvalue weighted by Crippen LogP contribution is 2.16. The van der Waals surface area contributed by atoms with Gasteiger partial charge in [0.15, 0.2) is 0 Å². The zero-order chi connectivity index (χ0) is 14.1. The van der Waals surface area contributed by atoms with E-state index in [0.29, 0.717) is 25.6 Å². The summed E-state index contributed by atoms with van der Waals surface area (Å²) in [5.74, 6) is 0.608. The molecule has 0 aliphatic heterocycles. The molecule has 0 aromatic carbocycles. The molecule has 0 saturated carbocycles. The van der Waals surface area contributed by atoms with Crippen molar-refractivity contribution in [3.05, 3.63) is 0 Å². The van der Waals surface area contributed by atoms with E-state index in [-0.39, 0.29) is 17.9 Å². The number of amides is 1. The Hall–Kier alpha value is -0.610. The van der Waals surface area contributed by atoms with Crippen molar-refractivity contribution in [1.82, 2.24) is 4.90 Å². The number of carbonyl (C=O) groups excluding carboxylic acids is 1. The molecular formula is C14H30N2O2. The fourth-order valence-corrected chi connectivity index (χ4v) is 2.06. The van der Waals surface area contributed by atoms with Gasteiger partial charge in [0.05, 0.1) is 12.5 Å². The summed E-state index contributed by atoms with van der Waals surface area (Å²) in [7, 11) is 1.66. The summed E-state index contributed by atoms with van der Waals surface area (Å²) in [6.07, 6.45) is 1.81. The van der Waals surface area contributed by atoms with E-state index >= 15 is 0 Å². The van der Waals surface area contributed by atoms with Gasteiger partial charge < -0.3 is 15.4 Å². The molecule has 4 nitrogen and oxygen atoms in total. The molecule has 0 heterocycles. The number of carbonyl (C=O) groups is 1. The normalized spacial score (nSPS) is 14.6. The van der Waals surface area contributed by atoms with Crippen LogP contribution in [-0.2, 0) is 9.53 Å².